The second kappa shape index (κ2) is 8.14. The zero-order chi connectivity index (χ0) is 17.6. The van der Waals surface area contributed by atoms with Gasteiger partial charge in [0.25, 0.3) is 5.91 Å². The van der Waals surface area contributed by atoms with Gasteiger partial charge in [-0.25, -0.2) is 0 Å². The van der Waals surface area contributed by atoms with Crippen LogP contribution >= 0.6 is 0 Å². The topological polar surface area (TPSA) is 61.8 Å². The Morgan fingerprint density at radius 2 is 1.92 bits per heavy atom. The van der Waals surface area contributed by atoms with Crippen molar-refractivity contribution in [3.05, 3.63) is 65.2 Å². The van der Waals surface area contributed by atoms with Crippen LogP contribution in [-0.2, 0) is 4.74 Å². The molecular weight excluding hydrogens is 316 g/mol. The lowest BCUT2D eigenvalue weighted by Gasteiger charge is -2.35. The predicted octanol–water partition coefficient (Wildman–Crippen LogP) is 2.50. The summed E-state index contributed by atoms with van der Waals surface area (Å²) in [6.45, 7) is 5.45. The molecule has 1 amide bonds. The number of nitrogens with one attached hydrogen (secondary N) is 1. The third kappa shape index (κ3) is 4.38. The first kappa shape index (κ1) is 17.5. The molecule has 2 aromatic rings. The van der Waals surface area contributed by atoms with Gasteiger partial charge in [0.2, 0.25) is 0 Å². The fraction of sp³-hybridized carbons (Fsp3) is 0.350. The molecule has 132 valence electrons. The lowest BCUT2D eigenvalue weighted by molar-refractivity contribution is 0.0162. The van der Waals surface area contributed by atoms with Gasteiger partial charge in [0.1, 0.15) is 5.75 Å². The predicted molar refractivity (Wildman–Crippen MR) is 96.8 cm³/mol. The number of benzene rings is 2. The fourth-order valence-electron chi connectivity index (χ4n) is 3.14. The number of aryl methyl sites for hydroxylation is 1. The Bertz CT molecular complexity index is 712. The molecule has 2 aromatic carbocycles. The number of carbonyl (C=O) groups excluding carboxylic acids is 1. The Morgan fingerprint density at radius 1 is 1.20 bits per heavy atom. The number of morpholine rings is 1. The van der Waals surface area contributed by atoms with Gasteiger partial charge in [-0.05, 0) is 30.2 Å². The number of carbonyl (C=O) groups is 1. The molecule has 1 atom stereocenters. The molecular formula is C20H24N2O3. The van der Waals surface area contributed by atoms with Gasteiger partial charge in [0, 0.05) is 19.6 Å². The highest BCUT2D eigenvalue weighted by molar-refractivity contribution is 5.96. The number of hydrogen-bond donors (Lipinski definition) is 2. The van der Waals surface area contributed by atoms with E-state index in [9.17, 15) is 9.90 Å². The van der Waals surface area contributed by atoms with Crippen molar-refractivity contribution in [1.29, 1.82) is 0 Å². The molecule has 1 fully saturated rings. The molecule has 3 rings (SSSR count). The van der Waals surface area contributed by atoms with Crippen molar-refractivity contribution in [1.82, 2.24) is 10.2 Å². The molecule has 0 bridgehead atoms. The summed E-state index contributed by atoms with van der Waals surface area (Å²) in [5.74, 6) is -0.244. The number of hydrogen-bond acceptors (Lipinski definition) is 4. The van der Waals surface area contributed by atoms with Crippen LogP contribution < -0.4 is 5.32 Å². The molecule has 5 nitrogen and oxygen atoms in total. The summed E-state index contributed by atoms with van der Waals surface area (Å²) in [5.41, 5.74) is 2.39. The van der Waals surface area contributed by atoms with Gasteiger partial charge in [0.05, 0.1) is 24.8 Å². The number of phenols is 1. The van der Waals surface area contributed by atoms with Crippen LogP contribution in [0.1, 0.15) is 27.5 Å². The van der Waals surface area contributed by atoms with E-state index in [-0.39, 0.29) is 17.7 Å². The van der Waals surface area contributed by atoms with Gasteiger partial charge in [-0.15, -0.1) is 0 Å². The molecule has 0 aliphatic carbocycles. The summed E-state index contributed by atoms with van der Waals surface area (Å²) < 4.78 is 5.45. The molecule has 5 heteroatoms. The Hall–Kier alpha value is -2.37. The summed E-state index contributed by atoms with van der Waals surface area (Å²) in [4.78, 5) is 14.8. The number of rotatable bonds is 5. The average molecular weight is 340 g/mol. The number of phenolic OH excluding ortho intramolecular Hbond substituents is 1. The summed E-state index contributed by atoms with van der Waals surface area (Å²) >= 11 is 0. The minimum absolute atomic E-state index is 0.0140. The van der Waals surface area contributed by atoms with Crippen LogP contribution in [0.5, 0.6) is 5.75 Å². The van der Waals surface area contributed by atoms with E-state index in [1.54, 1.807) is 12.1 Å². The van der Waals surface area contributed by atoms with Gasteiger partial charge >= 0.3 is 0 Å². The van der Waals surface area contributed by atoms with Gasteiger partial charge in [-0.1, -0.05) is 36.4 Å². The highest BCUT2D eigenvalue weighted by Crippen LogP contribution is 2.22. The molecule has 0 saturated carbocycles. The SMILES string of the molecule is Cc1ccc(C(=O)NCC(c2ccccc2)N2CCOCC2)c(O)c1. The molecule has 25 heavy (non-hydrogen) atoms. The Kier molecular flexibility index (Phi) is 5.68. The molecule has 1 saturated heterocycles. The molecule has 0 radical (unpaired) electrons. The van der Waals surface area contributed by atoms with E-state index >= 15 is 0 Å². The first-order valence-electron chi connectivity index (χ1n) is 8.59. The summed E-state index contributed by atoms with van der Waals surface area (Å²) in [5, 5.41) is 13.0. The van der Waals surface area contributed by atoms with E-state index in [0.29, 0.717) is 25.3 Å². The first-order valence-corrected chi connectivity index (χ1v) is 8.59. The largest absolute Gasteiger partial charge is 0.507 e. The molecule has 1 aliphatic heterocycles. The zero-order valence-electron chi connectivity index (χ0n) is 14.4. The van der Waals surface area contributed by atoms with Crippen LogP contribution in [0, 0.1) is 6.92 Å². The van der Waals surface area contributed by atoms with Crippen molar-refractivity contribution in [2.75, 3.05) is 32.8 Å². The highest BCUT2D eigenvalue weighted by atomic mass is 16.5. The zero-order valence-corrected chi connectivity index (χ0v) is 14.4. The maximum absolute atomic E-state index is 12.5. The monoisotopic (exact) mass is 340 g/mol. The molecule has 1 heterocycles. The molecule has 0 spiro atoms. The summed E-state index contributed by atoms with van der Waals surface area (Å²) in [6.07, 6.45) is 0. The number of nitrogens with zero attached hydrogens (tertiary/aromatic N) is 1. The van der Waals surface area contributed by atoms with Crippen LogP contribution in [-0.4, -0.2) is 48.8 Å². The number of aromatic hydroxyl groups is 1. The number of amides is 1. The van der Waals surface area contributed by atoms with Gasteiger partial charge in [-0.2, -0.15) is 0 Å². The van der Waals surface area contributed by atoms with Crippen LogP contribution in [0.4, 0.5) is 0 Å². The third-order valence-electron chi connectivity index (χ3n) is 4.52. The third-order valence-corrected chi connectivity index (χ3v) is 4.52. The van der Waals surface area contributed by atoms with Gasteiger partial charge in [-0.3, -0.25) is 9.69 Å². The Morgan fingerprint density at radius 3 is 2.60 bits per heavy atom. The van der Waals surface area contributed by atoms with E-state index in [2.05, 4.69) is 22.3 Å². The van der Waals surface area contributed by atoms with E-state index in [4.69, 9.17) is 4.74 Å². The van der Waals surface area contributed by atoms with E-state index in [1.807, 2.05) is 31.2 Å². The van der Waals surface area contributed by atoms with Crippen molar-refractivity contribution < 1.29 is 14.6 Å². The van der Waals surface area contributed by atoms with Crippen LogP contribution in [0.3, 0.4) is 0 Å². The first-order chi connectivity index (χ1) is 12.1. The van der Waals surface area contributed by atoms with Crippen molar-refractivity contribution in [3.8, 4) is 5.75 Å². The quantitative estimate of drug-likeness (QED) is 0.878. The van der Waals surface area contributed by atoms with Gasteiger partial charge < -0.3 is 15.2 Å². The lowest BCUT2D eigenvalue weighted by Crippen LogP contribution is -2.43. The molecule has 2 N–H and O–H groups in total. The molecule has 0 aromatic heterocycles. The van der Waals surface area contributed by atoms with Gasteiger partial charge in [0.15, 0.2) is 0 Å². The van der Waals surface area contributed by atoms with Crippen LogP contribution in [0.25, 0.3) is 0 Å². The normalized spacial score (nSPS) is 16.4. The Labute approximate surface area is 148 Å². The average Bonchev–Trinajstić information content (AvgIpc) is 2.63. The molecule has 1 aliphatic rings. The van der Waals surface area contributed by atoms with Crippen molar-refractivity contribution in [2.24, 2.45) is 0 Å². The number of ether oxygens (including phenoxy) is 1. The van der Waals surface area contributed by atoms with Crippen LogP contribution in [0.2, 0.25) is 0 Å². The maximum atomic E-state index is 12.5. The highest BCUT2D eigenvalue weighted by Gasteiger charge is 2.23. The van der Waals surface area contributed by atoms with E-state index in [0.717, 1.165) is 24.2 Å². The smallest absolute Gasteiger partial charge is 0.255 e. The second-order valence-electron chi connectivity index (χ2n) is 6.31. The lowest BCUT2D eigenvalue weighted by atomic mass is 10.0. The van der Waals surface area contributed by atoms with E-state index < -0.39 is 0 Å². The summed E-state index contributed by atoms with van der Waals surface area (Å²) in [7, 11) is 0. The minimum Gasteiger partial charge on any atom is -0.507 e. The maximum Gasteiger partial charge on any atom is 0.255 e. The fourth-order valence-corrected chi connectivity index (χ4v) is 3.14. The van der Waals surface area contributed by atoms with Crippen molar-refractivity contribution in [3.63, 3.8) is 0 Å². The van der Waals surface area contributed by atoms with Crippen molar-refractivity contribution in [2.45, 2.75) is 13.0 Å². The van der Waals surface area contributed by atoms with E-state index in [1.165, 1.54) is 0 Å². The van der Waals surface area contributed by atoms with Crippen molar-refractivity contribution >= 4 is 5.91 Å². The Balaban J connectivity index is 1.72. The molecule has 1 unspecified atom stereocenters. The standard InChI is InChI=1S/C20H24N2O3/c1-15-7-8-17(19(23)13-15)20(24)21-14-18(16-5-3-2-4-6-16)22-9-11-25-12-10-22/h2-8,13,18,23H,9-12,14H2,1H3,(H,21,24). The minimum atomic E-state index is -0.258. The summed E-state index contributed by atoms with van der Waals surface area (Å²) in [6, 6.07) is 15.3. The second-order valence-corrected chi connectivity index (χ2v) is 6.31. The van der Waals surface area contributed by atoms with Crippen LogP contribution in [0.15, 0.2) is 48.5 Å².